The number of fused-ring (bicyclic) bond motifs is 3. The second kappa shape index (κ2) is 8.45. The van der Waals surface area contributed by atoms with Crippen LogP contribution in [0.15, 0.2) is 78.9 Å². The van der Waals surface area contributed by atoms with Crippen molar-refractivity contribution in [1.29, 1.82) is 0 Å². The Hall–Kier alpha value is -4.51. The summed E-state index contributed by atoms with van der Waals surface area (Å²) in [4.78, 5) is 32.5. The second-order valence-corrected chi connectivity index (χ2v) is 8.32. The molecule has 0 N–H and O–H groups in total. The van der Waals surface area contributed by atoms with Gasteiger partial charge in [0.15, 0.2) is 5.78 Å². The van der Waals surface area contributed by atoms with Crippen molar-refractivity contribution < 1.29 is 14.7 Å². The maximum atomic E-state index is 13.4. The Morgan fingerprint density at radius 3 is 2.12 bits per heavy atom. The number of carboxylic acid groups (broad SMARTS) is 1. The number of nitrogens with zero attached hydrogens (tertiary/aromatic N) is 2. The zero-order valence-electron chi connectivity index (χ0n) is 18.8. The molecule has 1 aliphatic rings. The van der Waals surface area contributed by atoms with E-state index in [1.54, 1.807) is 30.3 Å². The number of pyridine rings is 1. The van der Waals surface area contributed by atoms with Crippen LogP contribution in [0.2, 0.25) is 0 Å². The molecule has 1 aliphatic carbocycles. The zero-order valence-corrected chi connectivity index (χ0v) is 18.8. The van der Waals surface area contributed by atoms with Crippen molar-refractivity contribution in [2.75, 3.05) is 19.0 Å². The number of aromatic nitrogens is 1. The lowest BCUT2D eigenvalue weighted by atomic mass is 9.91. The standard InChI is InChI=1S/C29H22N2O3/c1-31(2)20-15-12-18(13-16-20)14-17-23-25(29(33)34)24(19-8-4-3-5-9-19)26-27(30-23)21-10-6-7-11-22(21)28(26)32/h3-17H,1-2H3,(H,33,34)/p-1/b17-14+. The van der Waals surface area contributed by atoms with Gasteiger partial charge in [-0.15, -0.1) is 0 Å². The molecule has 0 spiro atoms. The number of hydrogen-bond donors (Lipinski definition) is 0. The van der Waals surface area contributed by atoms with Crippen LogP contribution in [0.3, 0.4) is 0 Å². The van der Waals surface area contributed by atoms with Crippen molar-refractivity contribution in [3.63, 3.8) is 0 Å². The number of carbonyl (C=O) groups is 2. The van der Waals surface area contributed by atoms with Gasteiger partial charge >= 0.3 is 0 Å². The number of ketones is 1. The summed E-state index contributed by atoms with van der Waals surface area (Å²) in [7, 11) is 3.94. The summed E-state index contributed by atoms with van der Waals surface area (Å²) < 4.78 is 0. The minimum absolute atomic E-state index is 0.0905. The van der Waals surface area contributed by atoms with E-state index in [0.717, 1.165) is 11.3 Å². The number of carboxylic acids is 1. The molecular formula is C29H21N2O3-. The predicted molar refractivity (Wildman–Crippen MR) is 133 cm³/mol. The molecular weight excluding hydrogens is 424 g/mol. The van der Waals surface area contributed by atoms with Crippen molar-refractivity contribution in [3.8, 4) is 22.4 Å². The molecule has 0 unspecified atom stereocenters. The predicted octanol–water partition coefficient (Wildman–Crippen LogP) is 4.56. The third-order valence-corrected chi connectivity index (χ3v) is 5.99. The first-order chi connectivity index (χ1) is 16.5. The van der Waals surface area contributed by atoms with Gasteiger partial charge in [-0.25, -0.2) is 4.98 Å². The molecule has 0 atom stereocenters. The van der Waals surface area contributed by atoms with E-state index >= 15 is 0 Å². The number of rotatable bonds is 5. The van der Waals surface area contributed by atoms with Crippen LogP contribution in [-0.4, -0.2) is 30.8 Å². The summed E-state index contributed by atoms with van der Waals surface area (Å²) in [6.07, 6.45) is 3.49. The fourth-order valence-electron chi connectivity index (χ4n) is 4.32. The van der Waals surface area contributed by atoms with Crippen molar-refractivity contribution in [3.05, 3.63) is 107 Å². The van der Waals surface area contributed by atoms with Crippen LogP contribution in [0.25, 0.3) is 34.5 Å². The van der Waals surface area contributed by atoms with E-state index in [1.165, 1.54) is 0 Å². The van der Waals surface area contributed by atoms with E-state index in [1.807, 2.05) is 79.7 Å². The molecule has 0 radical (unpaired) electrons. The number of carbonyl (C=O) groups excluding carboxylic acids is 2. The molecule has 1 aromatic heterocycles. The Bertz CT molecular complexity index is 1450. The number of benzene rings is 3. The lowest BCUT2D eigenvalue weighted by Crippen LogP contribution is -2.25. The van der Waals surface area contributed by atoms with Crippen LogP contribution in [0.1, 0.15) is 37.5 Å². The first-order valence-corrected chi connectivity index (χ1v) is 10.9. The van der Waals surface area contributed by atoms with Crippen LogP contribution in [0.4, 0.5) is 5.69 Å². The highest BCUT2D eigenvalue weighted by molar-refractivity contribution is 6.25. The van der Waals surface area contributed by atoms with Gasteiger partial charge in [-0.1, -0.05) is 72.8 Å². The first-order valence-electron chi connectivity index (χ1n) is 10.9. The third-order valence-electron chi connectivity index (χ3n) is 5.99. The van der Waals surface area contributed by atoms with Gasteiger partial charge in [0.05, 0.1) is 22.9 Å². The fourth-order valence-corrected chi connectivity index (χ4v) is 4.32. The van der Waals surface area contributed by atoms with Crippen molar-refractivity contribution >= 4 is 29.6 Å². The molecule has 0 fully saturated rings. The summed E-state index contributed by atoms with van der Waals surface area (Å²) in [6.45, 7) is 0. The van der Waals surface area contributed by atoms with E-state index in [2.05, 4.69) is 4.98 Å². The second-order valence-electron chi connectivity index (χ2n) is 8.32. The Labute approximate surface area is 197 Å². The number of hydrogen-bond acceptors (Lipinski definition) is 5. The number of anilines is 1. The minimum atomic E-state index is -1.37. The van der Waals surface area contributed by atoms with E-state index < -0.39 is 5.97 Å². The quantitative estimate of drug-likeness (QED) is 0.397. The van der Waals surface area contributed by atoms with Crippen LogP contribution in [0.5, 0.6) is 0 Å². The molecule has 5 rings (SSSR count). The highest BCUT2D eigenvalue weighted by atomic mass is 16.4. The monoisotopic (exact) mass is 445 g/mol. The first kappa shape index (κ1) is 21.3. The summed E-state index contributed by atoms with van der Waals surface area (Å²) in [6, 6.07) is 24.2. The number of aromatic carboxylic acids is 1. The molecule has 34 heavy (non-hydrogen) atoms. The molecule has 0 aliphatic heterocycles. The van der Waals surface area contributed by atoms with E-state index in [-0.39, 0.29) is 17.0 Å². The van der Waals surface area contributed by atoms with Gasteiger partial charge in [0, 0.05) is 42.0 Å². The van der Waals surface area contributed by atoms with Crippen molar-refractivity contribution in [2.45, 2.75) is 0 Å². The van der Waals surface area contributed by atoms with Gasteiger partial charge in [-0.05, 0) is 29.3 Å². The fraction of sp³-hybridized carbons (Fsp3) is 0.0690. The molecule has 1 heterocycles. The summed E-state index contributed by atoms with van der Waals surface area (Å²) in [5.41, 5.74) is 5.11. The Morgan fingerprint density at radius 2 is 1.47 bits per heavy atom. The SMILES string of the molecule is CN(C)c1ccc(/C=C/c2nc3c(c(-c4ccccc4)c2C(=O)[O-])C(=O)c2ccccc2-3)cc1. The van der Waals surface area contributed by atoms with Crippen molar-refractivity contribution in [1.82, 2.24) is 4.98 Å². The average Bonchev–Trinajstić information content (AvgIpc) is 3.14. The van der Waals surface area contributed by atoms with Gasteiger partial charge in [0.2, 0.25) is 0 Å². The van der Waals surface area contributed by atoms with Gasteiger partial charge in [0.1, 0.15) is 0 Å². The molecule has 4 aromatic rings. The highest BCUT2D eigenvalue weighted by Crippen LogP contribution is 2.43. The largest absolute Gasteiger partial charge is 0.545 e. The summed E-state index contributed by atoms with van der Waals surface area (Å²) in [5, 5.41) is 12.4. The molecule has 3 aromatic carbocycles. The van der Waals surface area contributed by atoms with Gasteiger partial charge in [-0.2, -0.15) is 0 Å². The highest BCUT2D eigenvalue weighted by Gasteiger charge is 2.33. The summed E-state index contributed by atoms with van der Waals surface area (Å²) >= 11 is 0. The zero-order chi connectivity index (χ0) is 23.8. The van der Waals surface area contributed by atoms with Crippen LogP contribution in [-0.2, 0) is 0 Å². The van der Waals surface area contributed by atoms with Gasteiger partial charge < -0.3 is 14.8 Å². The van der Waals surface area contributed by atoms with Gasteiger partial charge in [0.25, 0.3) is 0 Å². The Kier molecular flexibility index (Phi) is 5.30. The van der Waals surface area contributed by atoms with Crippen molar-refractivity contribution in [2.24, 2.45) is 0 Å². The van der Waals surface area contributed by atoms with Crippen LogP contribution in [0, 0.1) is 0 Å². The molecule has 166 valence electrons. The van der Waals surface area contributed by atoms with E-state index in [4.69, 9.17) is 0 Å². The molecule has 0 saturated heterocycles. The Morgan fingerprint density at radius 1 is 0.824 bits per heavy atom. The molecule has 0 saturated carbocycles. The molecule has 0 amide bonds. The lowest BCUT2D eigenvalue weighted by molar-refractivity contribution is -0.255. The van der Waals surface area contributed by atoms with Crippen LogP contribution < -0.4 is 10.0 Å². The molecule has 0 bridgehead atoms. The van der Waals surface area contributed by atoms with E-state index in [0.29, 0.717) is 33.5 Å². The molecule has 5 nitrogen and oxygen atoms in total. The smallest absolute Gasteiger partial charge is 0.196 e. The maximum Gasteiger partial charge on any atom is 0.196 e. The molecule has 5 heteroatoms. The normalized spacial score (nSPS) is 12.0. The maximum absolute atomic E-state index is 13.4. The minimum Gasteiger partial charge on any atom is -0.545 e. The lowest BCUT2D eigenvalue weighted by Gasteiger charge is -2.18. The topological polar surface area (TPSA) is 73.3 Å². The Balaban J connectivity index is 1.75. The summed E-state index contributed by atoms with van der Waals surface area (Å²) in [5.74, 6) is -1.60. The average molecular weight is 445 g/mol. The van der Waals surface area contributed by atoms with Crippen LogP contribution >= 0.6 is 0 Å². The van der Waals surface area contributed by atoms with E-state index in [9.17, 15) is 14.7 Å². The van der Waals surface area contributed by atoms with Gasteiger partial charge in [-0.3, -0.25) is 4.79 Å². The third kappa shape index (κ3) is 3.57.